The van der Waals surface area contributed by atoms with E-state index in [4.69, 9.17) is 5.11 Å². The van der Waals surface area contributed by atoms with Crippen molar-refractivity contribution >= 4 is 5.97 Å². The summed E-state index contributed by atoms with van der Waals surface area (Å²) in [5, 5.41) is 11.9. The lowest BCUT2D eigenvalue weighted by atomic mass is 10.0. The zero-order chi connectivity index (χ0) is 7.84. The standard InChI is InChI=1S/C8H13NO2/c10-8(11)7-4-5-2-1-3-6(5)9-7/h5-7,9H,1-4H2,(H,10,11)/t5?,6-,7?/m1/s1. The number of rotatable bonds is 1. The highest BCUT2D eigenvalue weighted by Crippen LogP contribution is 2.34. The number of carboxylic acids is 1. The van der Waals surface area contributed by atoms with Crippen LogP contribution in [0.3, 0.4) is 0 Å². The molecule has 0 bridgehead atoms. The van der Waals surface area contributed by atoms with Crippen LogP contribution < -0.4 is 5.32 Å². The highest BCUT2D eigenvalue weighted by atomic mass is 16.4. The van der Waals surface area contributed by atoms with Gasteiger partial charge in [-0.1, -0.05) is 6.42 Å². The molecular weight excluding hydrogens is 142 g/mol. The van der Waals surface area contributed by atoms with Gasteiger partial charge in [-0.05, 0) is 25.2 Å². The Morgan fingerprint density at radius 2 is 2.27 bits per heavy atom. The summed E-state index contributed by atoms with van der Waals surface area (Å²) in [7, 11) is 0. The van der Waals surface area contributed by atoms with Crippen molar-refractivity contribution < 1.29 is 9.90 Å². The maximum Gasteiger partial charge on any atom is 0.320 e. The molecule has 62 valence electrons. The van der Waals surface area contributed by atoms with Crippen molar-refractivity contribution in [2.45, 2.75) is 37.8 Å². The molecule has 0 radical (unpaired) electrons. The van der Waals surface area contributed by atoms with E-state index in [0.717, 1.165) is 6.42 Å². The van der Waals surface area contributed by atoms with Crippen LogP contribution in [0.25, 0.3) is 0 Å². The molecule has 0 aromatic heterocycles. The predicted octanol–water partition coefficient (Wildman–Crippen LogP) is 0.602. The van der Waals surface area contributed by atoms with Gasteiger partial charge in [-0.15, -0.1) is 0 Å². The lowest BCUT2D eigenvalue weighted by Gasteiger charge is -2.07. The molecule has 2 unspecified atom stereocenters. The summed E-state index contributed by atoms with van der Waals surface area (Å²) in [6, 6.07) is 0.251. The van der Waals surface area contributed by atoms with Gasteiger partial charge in [0, 0.05) is 6.04 Å². The minimum atomic E-state index is -0.681. The summed E-state index contributed by atoms with van der Waals surface area (Å²) in [6.45, 7) is 0. The topological polar surface area (TPSA) is 49.3 Å². The summed E-state index contributed by atoms with van der Waals surface area (Å²) in [4.78, 5) is 10.6. The van der Waals surface area contributed by atoms with Gasteiger partial charge in [0.05, 0.1) is 0 Å². The van der Waals surface area contributed by atoms with Crippen LogP contribution in [0, 0.1) is 5.92 Å². The molecule has 0 aromatic carbocycles. The Balaban J connectivity index is 1.99. The summed E-state index contributed by atoms with van der Waals surface area (Å²) in [5.74, 6) is -0.0319. The Kier molecular flexibility index (Phi) is 1.60. The first kappa shape index (κ1) is 7.10. The molecule has 1 aliphatic carbocycles. The van der Waals surface area contributed by atoms with Crippen molar-refractivity contribution in [1.82, 2.24) is 5.32 Å². The van der Waals surface area contributed by atoms with E-state index in [1.54, 1.807) is 0 Å². The van der Waals surface area contributed by atoms with Crippen LogP contribution in [0.4, 0.5) is 0 Å². The van der Waals surface area contributed by atoms with Crippen LogP contribution in [0.5, 0.6) is 0 Å². The molecule has 11 heavy (non-hydrogen) atoms. The third-order valence-corrected chi connectivity index (χ3v) is 2.91. The van der Waals surface area contributed by atoms with Crippen molar-refractivity contribution in [1.29, 1.82) is 0 Å². The van der Waals surface area contributed by atoms with E-state index in [9.17, 15) is 4.79 Å². The van der Waals surface area contributed by atoms with Gasteiger partial charge in [-0.2, -0.15) is 0 Å². The normalized spacial score (nSPS) is 42.4. The van der Waals surface area contributed by atoms with Crippen molar-refractivity contribution in [3.05, 3.63) is 0 Å². The number of hydrogen-bond donors (Lipinski definition) is 2. The lowest BCUT2D eigenvalue weighted by molar-refractivity contribution is -0.139. The quantitative estimate of drug-likeness (QED) is 0.583. The van der Waals surface area contributed by atoms with Crippen LogP contribution in [0.2, 0.25) is 0 Å². The molecule has 2 rings (SSSR count). The maximum atomic E-state index is 10.6. The Bertz CT molecular complexity index is 169. The summed E-state index contributed by atoms with van der Waals surface area (Å²) >= 11 is 0. The molecule has 1 aliphatic heterocycles. The second-order valence-corrected chi connectivity index (χ2v) is 3.59. The van der Waals surface area contributed by atoms with Crippen LogP contribution >= 0.6 is 0 Å². The molecule has 0 aromatic rings. The lowest BCUT2D eigenvalue weighted by Crippen LogP contribution is -2.34. The van der Waals surface area contributed by atoms with Crippen molar-refractivity contribution in [2.24, 2.45) is 5.92 Å². The zero-order valence-corrected chi connectivity index (χ0v) is 6.42. The van der Waals surface area contributed by atoms with Crippen LogP contribution in [-0.4, -0.2) is 23.2 Å². The van der Waals surface area contributed by atoms with E-state index < -0.39 is 5.97 Å². The Morgan fingerprint density at radius 1 is 1.45 bits per heavy atom. The minimum absolute atomic E-state index is 0.259. The third-order valence-electron chi connectivity index (χ3n) is 2.91. The fraction of sp³-hybridized carbons (Fsp3) is 0.875. The third kappa shape index (κ3) is 1.13. The number of carboxylic acid groups (broad SMARTS) is 1. The molecule has 1 saturated heterocycles. The average Bonchev–Trinajstić information content (AvgIpc) is 2.40. The van der Waals surface area contributed by atoms with E-state index in [1.165, 1.54) is 19.3 Å². The van der Waals surface area contributed by atoms with E-state index in [-0.39, 0.29) is 6.04 Å². The molecule has 2 aliphatic rings. The second kappa shape index (κ2) is 2.48. The minimum Gasteiger partial charge on any atom is -0.480 e. The highest BCUT2D eigenvalue weighted by molar-refractivity contribution is 5.74. The Morgan fingerprint density at radius 3 is 2.91 bits per heavy atom. The molecule has 0 amide bonds. The number of hydrogen-bond acceptors (Lipinski definition) is 2. The Labute approximate surface area is 65.8 Å². The molecular formula is C8H13NO2. The van der Waals surface area contributed by atoms with Crippen LogP contribution in [-0.2, 0) is 4.79 Å². The van der Waals surface area contributed by atoms with Crippen molar-refractivity contribution in [3.8, 4) is 0 Å². The fourth-order valence-corrected chi connectivity index (χ4v) is 2.34. The maximum absolute atomic E-state index is 10.6. The number of fused-ring (bicyclic) bond motifs is 1. The average molecular weight is 155 g/mol. The summed E-state index contributed by atoms with van der Waals surface area (Å²) in [5.41, 5.74) is 0. The second-order valence-electron chi connectivity index (χ2n) is 3.59. The molecule has 3 heteroatoms. The van der Waals surface area contributed by atoms with Gasteiger partial charge < -0.3 is 10.4 Å². The van der Waals surface area contributed by atoms with E-state index in [2.05, 4.69) is 5.32 Å². The summed E-state index contributed by atoms with van der Waals surface area (Å²) in [6.07, 6.45) is 4.52. The largest absolute Gasteiger partial charge is 0.480 e. The Hall–Kier alpha value is -0.570. The van der Waals surface area contributed by atoms with Gasteiger partial charge in [0.15, 0.2) is 0 Å². The van der Waals surface area contributed by atoms with Gasteiger partial charge in [-0.25, -0.2) is 0 Å². The first-order valence-electron chi connectivity index (χ1n) is 4.26. The number of carbonyl (C=O) groups is 1. The molecule has 2 fully saturated rings. The van der Waals surface area contributed by atoms with Gasteiger partial charge in [0.1, 0.15) is 6.04 Å². The molecule has 2 N–H and O–H groups in total. The monoisotopic (exact) mass is 155 g/mol. The molecule has 3 nitrogen and oxygen atoms in total. The van der Waals surface area contributed by atoms with E-state index in [0.29, 0.717) is 12.0 Å². The number of aliphatic carboxylic acids is 1. The molecule has 1 saturated carbocycles. The molecule has 0 spiro atoms. The first-order valence-corrected chi connectivity index (χ1v) is 4.26. The SMILES string of the molecule is O=C(O)C1CC2CCC[C@H]2N1. The van der Waals surface area contributed by atoms with Crippen molar-refractivity contribution in [3.63, 3.8) is 0 Å². The fourth-order valence-electron chi connectivity index (χ4n) is 2.34. The first-order chi connectivity index (χ1) is 5.27. The molecule has 3 atom stereocenters. The van der Waals surface area contributed by atoms with E-state index >= 15 is 0 Å². The van der Waals surface area contributed by atoms with Gasteiger partial charge in [0.2, 0.25) is 0 Å². The smallest absolute Gasteiger partial charge is 0.320 e. The molecule has 1 heterocycles. The van der Waals surface area contributed by atoms with E-state index in [1.807, 2.05) is 0 Å². The highest BCUT2D eigenvalue weighted by Gasteiger charge is 2.39. The van der Waals surface area contributed by atoms with Gasteiger partial charge >= 0.3 is 5.97 Å². The summed E-state index contributed by atoms with van der Waals surface area (Å²) < 4.78 is 0. The zero-order valence-electron chi connectivity index (χ0n) is 6.42. The van der Waals surface area contributed by atoms with Crippen molar-refractivity contribution in [2.75, 3.05) is 0 Å². The van der Waals surface area contributed by atoms with Crippen LogP contribution in [0.15, 0.2) is 0 Å². The predicted molar refractivity (Wildman–Crippen MR) is 40.3 cm³/mol. The number of nitrogens with one attached hydrogen (secondary N) is 1. The van der Waals surface area contributed by atoms with Gasteiger partial charge in [0.25, 0.3) is 0 Å². The van der Waals surface area contributed by atoms with Crippen LogP contribution in [0.1, 0.15) is 25.7 Å². The van der Waals surface area contributed by atoms with Gasteiger partial charge in [-0.3, -0.25) is 4.79 Å².